The molecule has 6 nitrogen and oxygen atoms in total. The normalized spacial score (nSPS) is 17.5. The fourth-order valence-electron chi connectivity index (χ4n) is 2.07. The topological polar surface area (TPSA) is 53.4 Å². The van der Waals surface area contributed by atoms with Crippen molar-refractivity contribution in [2.75, 3.05) is 39.8 Å². The van der Waals surface area contributed by atoms with Gasteiger partial charge in [0.15, 0.2) is 0 Å². The first kappa shape index (κ1) is 12.9. The van der Waals surface area contributed by atoms with E-state index < -0.39 is 0 Å². The van der Waals surface area contributed by atoms with Crippen molar-refractivity contribution in [1.82, 2.24) is 24.7 Å². The molecule has 18 heavy (non-hydrogen) atoms. The van der Waals surface area contributed by atoms with Crippen molar-refractivity contribution in [2.45, 2.75) is 13.0 Å². The van der Waals surface area contributed by atoms with Crippen LogP contribution in [-0.2, 0) is 6.54 Å². The van der Waals surface area contributed by atoms with Gasteiger partial charge in [-0.1, -0.05) is 0 Å². The minimum Gasteiger partial charge on any atom is -0.336 e. The zero-order valence-corrected chi connectivity index (χ0v) is 10.9. The molecule has 2 heterocycles. The number of carbonyl (C=O) groups excluding carboxylic acids is 1. The van der Waals surface area contributed by atoms with Gasteiger partial charge in [0, 0.05) is 45.1 Å². The monoisotopic (exact) mass is 251 g/mol. The lowest BCUT2D eigenvalue weighted by Crippen LogP contribution is -2.42. The van der Waals surface area contributed by atoms with E-state index in [9.17, 15) is 4.79 Å². The minimum absolute atomic E-state index is 0.0467. The van der Waals surface area contributed by atoms with Gasteiger partial charge in [0.25, 0.3) is 0 Å². The maximum Gasteiger partial charge on any atom is 0.317 e. The summed E-state index contributed by atoms with van der Waals surface area (Å²) in [4.78, 5) is 20.1. The molecule has 1 aromatic rings. The Morgan fingerprint density at radius 1 is 1.33 bits per heavy atom. The molecule has 0 aliphatic carbocycles. The average molecular weight is 251 g/mol. The summed E-state index contributed by atoms with van der Waals surface area (Å²) in [6.07, 6.45) is 6.44. The summed E-state index contributed by atoms with van der Waals surface area (Å²) in [5, 5.41) is 2.95. The zero-order chi connectivity index (χ0) is 12.8. The number of carbonyl (C=O) groups is 1. The van der Waals surface area contributed by atoms with Crippen molar-refractivity contribution in [3.63, 3.8) is 0 Å². The lowest BCUT2D eigenvalue weighted by Gasteiger charge is -2.21. The molecule has 2 rings (SSSR count). The van der Waals surface area contributed by atoms with E-state index in [1.165, 1.54) is 0 Å². The highest BCUT2D eigenvalue weighted by Crippen LogP contribution is 2.01. The third kappa shape index (κ3) is 3.73. The number of likely N-dealkylation sites (N-methyl/N-ethyl adjacent to an activating group) is 1. The number of nitrogens with one attached hydrogen (secondary N) is 1. The number of hydrogen-bond donors (Lipinski definition) is 1. The lowest BCUT2D eigenvalue weighted by molar-refractivity contribution is 0.199. The summed E-state index contributed by atoms with van der Waals surface area (Å²) in [5.74, 6) is 0. The molecule has 1 N–H and O–H groups in total. The molecular formula is C12H21N5O. The van der Waals surface area contributed by atoms with Crippen LogP contribution in [0, 0.1) is 0 Å². The average Bonchev–Trinajstić information content (AvgIpc) is 2.77. The first-order valence-electron chi connectivity index (χ1n) is 6.43. The van der Waals surface area contributed by atoms with E-state index in [2.05, 4.69) is 22.2 Å². The van der Waals surface area contributed by atoms with Crippen molar-refractivity contribution in [2.24, 2.45) is 0 Å². The Bertz CT molecular complexity index is 365. The molecular weight excluding hydrogens is 230 g/mol. The van der Waals surface area contributed by atoms with Crippen LogP contribution in [0.5, 0.6) is 0 Å². The Balaban J connectivity index is 1.70. The Hall–Kier alpha value is -1.56. The molecule has 0 aromatic carbocycles. The van der Waals surface area contributed by atoms with Crippen molar-refractivity contribution in [3.05, 3.63) is 18.7 Å². The number of rotatable bonds is 3. The molecule has 1 aliphatic heterocycles. The number of aromatic nitrogens is 2. The van der Waals surface area contributed by atoms with Crippen molar-refractivity contribution < 1.29 is 4.79 Å². The molecule has 1 saturated heterocycles. The van der Waals surface area contributed by atoms with Crippen LogP contribution in [-0.4, -0.2) is 65.2 Å². The summed E-state index contributed by atoms with van der Waals surface area (Å²) >= 11 is 0. The van der Waals surface area contributed by atoms with Gasteiger partial charge in [-0.15, -0.1) is 0 Å². The molecule has 0 spiro atoms. The van der Waals surface area contributed by atoms with Crippen molar-refractivity contribution in [1.29, 1.82) is 0 Å². The third-order valence-corrected chi connectivity index (χ3v) is 3.21. The fraction of sp³-hybridized carbons (Fsp3) is 0.667. The van der Waals surface area contributed by atoms with Crippen LogP contribution in [0.1, 0.15) is 6.42 Å². The van der Waals surface area contributed by atoms with Crippen LogP contribution in [0.2, 0.25) is 0 Å². The van der Waals surface area contributed by atoms with Gasteiger partial charge >= 0.3 is 6.03 Å². The second-order valence-electron chi connectivity index (χ2n) is 4.68. The van der Waals surface area contributed by atoms with Gasteiger partial charge in [0.2, 0.25) is 0 Å². The molecule has 0 radical (unpaired) electrons. The fourth-order valence-corrected chi connectivity index (χ4v) is 2.07. The largest absolute Gasteiger partial charge is 0.336 e. The van der Waals surface area contributed by atoms with Crippen LogP contribution in [0.4, 0.5) is 4.79 Å². The summed E-state index contributed by atoms with van der Waals surface area (Å²) < 4.78 is 1.95. The first-order valence-corrected chi connectivity index (χ1v) is 6.43. The first-order chi connectivity index (χ1) is 8.75. The third-order valence-electron chi connectivity index (χ3n) is 3.21. The van der Waals surface area contributed by atoms with Crippen LogP contribution in [0.3, 0.4) is 0 Å². The zero-order valence-electron chi connectivity index (χ0n) is 10.9. The Morgan fingerprint density at radius 3 is 3.00 bits per heavy atom. The number of hydrogen-bond acceptors (Lipinski definition) is 3. The number of imidazole rings is 1. The van der Waals surface area contributed by atoms with E-state index in [0.29, 0.717) is 6.54 Å². The van der Waals surface area contributed by atoms with Gasteiger partial charge < -0.3 is 19.7 Å². The molecule has 100 valence electrons. The molecule has 1 aromatic heterocycles. The minimum atomic E-state index is 0.0467. The van der Waals surface area contributed by atoms with E-state index in [-0.39, 0.29) is 6.03 Å². The molecule has 1 aliphatic rings. The standard InChI is InChI=1S/C12H21N5O/c1-15-5-2-6-17(10-9-15)12(18)14-4-8-16-7-3-13-11-16/h3,7,11H,2,4-6,8-10H2,1H3,(H,14,18). The highest BCUT2D eigenvalue weighted by Gasteiger charge is 2.16. The Labute approximate surface area is 108 Å². The Morgan fingerprint density at radius 2 is 2.22 bits per heavy atom. The maximum atomic E-state index is 12.0. The summed E-state index contributed by atoms with van der Waals surface area (Å²) in [5.41, 5.74) is 0. The van der Waals surface area contributed by atoms with Gasteiger partial charge in [-0.2, -0.15) is 0 Å². The van der Waals surface area contributed by atoms with Crippen molar-refractivity contribution in [3.8, 4) is 0 Å². The van der Waals surface area contributed by atoms with E-state index in [4.69, 9.17) is 0 Å². The summed E-state index contributed by atoms with van der Waals surface area (Å²) in [7, 11) is 2.10. The molecule has 0 unspecified atom stereocenters. The van der Waals surface area contributed by atoms with Crippen molar-refractivity contribution >= 4 is 6.03 Å². The molecule has 1 fully saturated rings. The highest BCUT2D eigenvalue weighted by molar-refractivity contribution is 5.74. The molecule has 0 saturated carbocycles. The van der Waals surface area contributed by atoms with Gasteiger partial charge in [0.1, 0.15) is 0 Å². The summed E-state index contributed by atoms with van der Waals surface area (Å²) in [6, 6.07) is 0.0467. The van der Waals surface area contributed by atoms with E-state index in [1.807, 2.05) is 15.7 Å². The second-order valence-corrected chi connectivity index (χ2v) is 4.68. The number of amides is 2. The van der Waals surface area contributed by atoms with Gasteiger partial charge in [-0.25, -0.2) is 9.78 Å². The van der Waals surface area contributed by atoms with Gasteiger partial charge in [0.05, 0.1) is 6.33 Å². The second kappa shape index (κ2) is 6.39. The van der Waals surface area contributed by atoms with E-state index in [0.717, 1.165) is 39.1 Å². The van der Waals surface area contributed by atoms with E-state index in [1.54, 1.807) is 12.5 Å². The van der Waals surface area contributed by atoms with Crippen LogP contribution in [0.15, 0.2) is 18.7 Å². The lowest BCUT2D eigenvalue weighted by atomic mass is 10.4. The summed E-state index contributed by atoms with van der Waals surface area (Å²) in [6.45, 7) is 5.09. The van der Waals surface area contributed by atoms with Gasteiger partial charge in [-0.05, 0) is 20.0 Å². The van der Waals surface area contributed by atoms with Gasteiger partial charge in [-0.3, -0.25) is 0 Å². The van der Waals surface area contributed by atoms with Crippen LogP contribution >= 0.6 is 0 Å². The molecule has 0 atom stereocenters. The van der Waals surface area contributed by atoms with Crippen LogP contribution in [0.25, 0.3) is 0 Å². The van der Waals surface area contributed by atoms with E-state index >= 15 is 0 Å². The highest BCUT2D eigenvalue weighted by atomic mass is 16.2. The SMILES string of the molecule is CN1CCCN(C(=O)NCCn2ccnc2)CC1. The molecule has 6 heteroatoms. The smallest absolute Gasteiger partial charge is 0.317 e. The molecule has 2 amide bonds. The Kier molecular flexibility index (Phi) is 4.58. The quantitative estimate of drug-likeness (QED) is 0.836. The number of urea groups is 1. The predicted octanol–water partition coefficient (Wildman–Crippen LogP) is 0.230. The number of nitrogens with zero attached hydrogens (tertiary/aromatic N) is 4. The predicted molar refractivity (Wildman–Crippen MR) is 69.3 cm³/mol. The van der Waals surface area contributed by atoms with Crippen LogP contribution < -0.4 is 5.32 Å². The maximum absolute atomic E-state index is 12.0. The molecule has 0 bridgehead atoms.